The number of sulfonamides is 1. The fourth-order valence-corrected chi connectivity index (χ4v) is 2.05. The second-order valence-corrected chi connectivity index (χ2v) is 5.88. The van der Waals surface area contributed by atoms with Gasteiger partial charge in [-0.2, -0.15) is 0 Å². The average Bonchev–Trinajstić information content (AvgIpc) is 2.31. The third-order valence-corrected chi connectivity index (χ3v) is 3.49. The fourth-order valence-electron chi connectivity index (χ4n) is 1.35. The third-order valence-electron chi connectivity index (χ3n) is 2.25. The lowest BCUT2D eigenvalue weighted by molar-refractivity contribution is -0.115. The molecule has 6 nitrogen and oxygen atoms in total. The van der Waals surface area contributed by atoms with E-state index in [2.05, 4.69) is 10.6 Å². The number of hydrogen-bond donors (Lipinski definition) is 3. The quantitative estimate of drug-likeness (QED) is 0.680. The number of benzene rings is 1. The minimum absolute atomic E-state index is 0.103. The number of halogens is 1. The summed E-state index contributed by atoms with van der Waals surface area (Å²) >= 11 is 5.88. The van der Waals surface area contributed by atoms with E-state index in [4.69, 9.17) is 16.7 Å². The maximum Gasteiger partial charge on any atom is 0.238 e. The summed E-state index contributed by atoms with van der Waals surface area (Å²) < 4.78 is 22.4. The molecule has 0 heterocycles. The lowest BCUT2D eigenvalue weighted by atomic mass is 10.3. The van der Waals surface area contributed by atoms with E-state index < -0.39 is 10.0 Å². The maximum absolute atomic E-state index is 11.6. The second kappa shape index (κ2) is 6.85. The van der Waals surface area contributed by atoms with Crippen LogP contribution in [0.25, 0.3) is 0 Å². The molecule has 0 aliphatic rings. The van der Waals surface area contributed by atoms with Crippen molar-refractivity contribution in [3.63, 3.8) is 0 Å². The molecule has 1 rings (SSSR count). The van der Waals surface area contributed by atoms with Crippen LogP contribution in [-0.2, 0) is 14.8 Å². The van der Waals surface area contributed by atoms with Crippen LogP contribution in [0.1, 0.15) is 13.3 Å². The molecule has 1 aromatic carbocycles. The number of carbonyl (C=O) groups excluding carboxylic acids is 1. The molecule has 106 valence electrons. The number of rotatable bonds is 6. The van der Waals surface area contributed by atoms with Crippen LogP contribution in [-0.4, -0.2) is 27.4 Å². The Balaban J connectivity index is 2.80. The molecule has 0 aromatic heterocycles. The van der Waals surface area contributed by atoms with Crippen molar-refractivity contribution in [3.05, 3.63) is 23.2 Å². The summed E-state index contributed by atoms with van der Waals surface area (Å²) in [6.07, 6.45) is 0.912. The Bertz CT molecular complexity index is 560. The zero-order valence-corrected chi connectivity index (χ0v) is 12.0. The van der Waals surface area contributed by atoms with Crippen molar-refractivity contribution in [2.24, 2.45) is 5.14 Å². The van der Waals surface area contributed by atoms with Crippen LogP contribution in [0.4, 0.5) is 5.69 Å². The molecule has 1 amide bonds. The minimum atomic E-state index is -3.82. The molecule has 0 atom stereocenters. The molecule has 0 bridgehead atoms. The molecule has 0 fully saturated rings. The van der Waals surface area contributed by atoms with Crippen LogP contribution in [0, 0.1) is 0 Å². The molecule has 4 N–H and O–H groups in total. The smallest absolute Gasteiger partial charge is 0.238 e. The fraction of sp³-hybridized carbons (Fsp3) is 0.364. The Hall–Kier alpha value is -1.15. The van der Waals surface area contributed by atoms with Gasteiger partial charge in [-0.1, -0.05) is 18.5 Å². The molecule has 0 aliphatic heterocycles. The Morgan fingerprint density at radius 1 is 1.42 bits per heavy atom. The van der Waals surface area contributed by atoms with Gasteiger partial charge in [0.1, 0.15) is 0 Å². The first-order valence-electron chi connectivity index (χ1n) is 5.67. The van der Waals surface area contributed by atoms with Gasteiger partial charge in [-0.05, 0) is 31.2 Å². The first-order valence-corrected chi connectivity index (χ1v) is 7.60. The van der Waals surface area contributed by atoms with E-state index >= 15 is 0 Å². The highest BCUT2D eigenvalue weighted by Crippen LogP contribution is 2.24. The first kappa shape index (κ1) is 15.9. The summed E-state index contributed by atoms with van der Waals surface area (Å²) in [6.45, 7) is 2.83. The van der Waals surface area contributed by atoms with Gasteiger partial charge in [0.25, 0.3) is 0 Å². The highest BCUT2D eigenvalue weighted by Gasteiger charge is 2.12. The zero-order chi connectivity index (χ0) is 14.5. The Labute approximate surface area is 117 Å². The number of carbonyl (C=O) groups is 1. The molecule has 19 heavy (non-hydrogen) atoms. The first-order chi connectivity index (χ1) is 8.84. The van der Waals surface area contributed by atoms with Crippen LogP contribution in [0.3, 0.4) is 0 Å². The van der Waals surface area contributed by atoms with Crippen LogP contribution >= 0.6 is 11.6 Å². The van der Waals surface area contributed by atoms with E-state index in [1.54, 1.807) is 0 Å². The van der Waals surface area contributed by atoms with E-state index in [0.717, 1.165) is 13.0 Å². The predicted molar refractivity (Wildman–Crippen MR) is 74.6 cm³/mol. The van der Waals surface area contributed by atoms with Crippen molar-refractivity contribution < 1.29 is 13.2 Å². The molecule has 0 aliphatic carbocycles. The number of nitrogens with one attached hydrogen (secondary N) is 2. The van der Waals surface area contributed by atoms with Gasteiger partial charge >= 0.3 is 0 Å². The number of amides is 1. The van der Waals surface area contributed by atoms with Crippen LogP contribution < -0.4 is 15.8 Å². The zero-order valence-electron chi connectivity index (χ0n) is 10.4. The summed E-state index contributed by atoms with van der Waals surface area (Å²) in [5.41, 5.74) is 0.219. The van der Waals surface area contributed by atoms with Crippen LogP contribution in [0.15, 0.2) is 23.1 Å². The molecule has 0 unspecified atom stereocenters. The molecule has 1 aromatic rings. The number of nitrogens with two attached hydrogens (primary N) is 1. The van der Waals surface area contributed by atoms with E-state index in [1.807, 2.05) is 6.92 Å². The largest absolute Gasteiger partial charge is 0.324 e. The van der Waals surface area contributed by atoms with Gasteiger partial charge in [0, 0.05) is 0 Å². The Kier molecular flexibility index (Phi) is 5.74. The van der Waals surface area contributed by atoms with Gasteiger partial charge in [0.05, 0.1) is 22.2 Å². The summed E-state index contributed by atoms with van der Waals surface area (Å²) in [5, 5.41) is 10.7. The third kappa shape index (κ3) is 5.15. The van der Waals surface area contributed by atoms with Crippen LogP contribution in [0.2, 0.25) is 5.02 Å². The second-order valence-electron chi connectivity index (χ2n) is 3.91. The lowest BCUT2D eigenvalue weighted by Crippen LogP contribution is -2.28. The lowest BCUT2D eigenvalue weighted by Gasteiger charge is -2.09. The van der Waals surface area contributed by atoms with Gasteiger partial charge in [-0.25, -0.2) is 13.6 Å². The molecular weight excluding hydrogens is 290 g/mol. The van der Waals surface area contributed by atoms with Crippen molar-refractivity contribution in [3.8, 4) is 0 Å². The number of primary sulfonamides is 1. The highest BCUT2D eigenvalue weighted by atomic mass is 35.5. The predicted octanol–water partition coefficient (Wildman–Crippen LogP) is 0.926. The summed E-state index contributed by atoms with van der Waals surface area (Å²) in [5.74, 6) is -0.304. The van der Waals surface area contributed by atoms with E-state index in [9.17, 15) is 13.2 Å². The molecule has 0 radical (unpaired) electrons. The summed E-state index contributed by atoms with van der Waals surface area (Å²) in [7, 11) is -3.82. The molecular formula is C11H16ClN3O3S. The molecule has 8 heteroatoms. The van der Waals surface area contributed by atoms with Gasteiger partial charge in [-0.15, -0.1) is 0 Å². The van der Waals surface area contributed by atoms with E-state index in [-0.39, 0.29) is 28.1 Å². The van der Waals surface area contributed by atoms with Gasteiger partial charge < -0.3 is 10.6 Å². The monoisotopic (exact) mass is 305 g/mol. The van der Waals surface area contributed by atoms with Gasteiger partial charge in [0.15, 0.2) is 0 Å². The SMILES string of the molecule is CCCNCC(=O)Nc1cc(S(N)(=O)=O)ccc1Cl. The molecule has 0 saturated carbocycles. The number of anilines is 1. The molecule has 0 saturated heterocycles. The Morgan fingerprint density at radius 3 is 2.68 bits per heavy atom. The van der Waals surface area contributed by atoms with Crippen molar-refractivity contribution in [1.82, 2.24) is 5.32 Å². The number of hydrogen-bond acceptors (Lipinski definition) is 4. The maximum atomic E-state index is 11.6. The summed E-state index contributed by atoms with van der Waals surface area (Å²) in [6, 6.07) is 3.88. The topological polar surface area (TPSA) is 101 Å². The van der Waals surface area contributed by atoms with E-state index in [1.165, 1.54) is 18.2 Å². The van der Waals surface area contributed by atoms with Crippen molar-refractivity contribution in [2.75, 3.05) is 18.4 Å². The van der Waals surface area contributed by atoms with Crippen LogP contribution in [0.5, 0.6) is 0 Å². The van der Waals surface area contributed by atoms with Gasteiger partial charge in [-0.3, -0.25) is 4.79 Å². The van der Waals surface area contributed by atoms with Crippen molar-refractivity contribution in [2.45, 2.75) is 18.2 Å². The minimum Gasteiger partial charge on any atom is -0.324 e. The van der Waals surface area contributed by atoms with Crippen molar-refractivity contribution in [1.29, 1.82) is 0 Å². The van der Waals surface area contributed by atoms with Gasteiger partial charge in [0.2, 0.25) is 15.9 Å². The van der Waals surface area contributed by atoms with Crippen molar-refractivity contribution >= 4 is 33.2 Å². The highest BCUT2D eigenvalue weighted by molar-refractivity contribution is 7.89. The standard InChI is InChI=1S/C11H16ClN3O3S/c1-2-5-14-7-11(16)15-10-6-8(19(13,17)18)3-4-9(10)12/h3-4,6,14H,2,5,7H2,1H3,(H,15,16)(H2,13,17,18). The summed E-state index contributed by atoms with van der Waals surface area (Å²) in [4.78, 5) is 11.5. The average molecular weight is 306 g/mol. The molecule has 0 spiro atoms. The normalized spacial score (nSPS) is 11.3. The van der Waals surface area contributed by atoms with E-state index in [0.29, 0.717) is 0 Å². The Morgan fingerprint density at radius 2 is 2.11 bits per heavy atom.